The van der Waals surface area contributed by atoms with Crippen molar-refractivity contribution in [3.63, 3.8) is 0 Å². The summed E-state index contributed by atoms with van der Waals surface area (Å²) in [5, 5.41) is 11.2. The number of nitrogens with zero attached hydrogens (tertiary/aromatic N) is 1. The molecule has 22 heavy (non-hydrogen) atoms. The van der Waals surface area contributed by atoms with Gasteiger partial charge in [-0.15, -0.1) is 0 Å². The van der Waals surface area contributed by atoms with Crippen molar-refractivity contribution in [3.8, 4) is 0 Å². The third-order valence-electron chi connectivity index (χ3n) is 3.12. The van der Waals surface area contributed by atoms with Crippen molar-refractivity contribution in [2.45, 2.75) is 19.3 Å². The minimum atomic E-state index is -0.0947. The van der Waals surface area contributed by atoms with Gasteiger partial charge in [0.25, 0.3) is 0 Å². The maximum atomic E-state index is 12.0. The molecular formula is C16H24N2O4. The number of carbonyl (C=O) groups excluding carboxylic acids is 2. The van der Waals surface area contributed by atoms with Crippen LogP contribution in [0.4, 0.5) is 5.69 Å². The summed E-state index contributed by atoms with van der Waals surface area (Å²) >= 11 is 0. The Morgan fingerprint density at radius 2 is 1.91 bits per heavy atom. The van der Waals surface area contributed by atoms with E-state index in [-0.39, 0.29) is 25.0 Å². The first-order valence-corrected chi connectivity index (χ1v) is 7.42. The number of hydrogen-bond donors (Lipinski definition) is 2. The molecule has 0 heterocycles. The molecule has 0 spiro atoms. The van der Waals surface area contributed by atoms with Crippen molar-refractivity contribution in [2.24, 2.45) is 0 Å². The predicted molar refractivity (Wildman–Crippen MR) is 84.6 cm³/mol. The van der Waals surface area contributed by atoms with Gasteiger partial charge in [0, 0.05) is 32.1 Å². The van der Waals surface area contributed by atoms with Crippen LogP contribution in [0, 0.1) is 0 Å². The second-order valence-corrected chi connectivity index (χ2v) is 4.83. The van der Waals surface area contributed by atoms with Gasteiger partial charge in [-0.2, -0.15) is 0 Å². The Bertz CT molecular complexity index is 451. The fourth-order valence-electron chi connectivity index (χ4n) is 1.88. The van der Waals surface area contributed by atoms with Crippen LogP contribution in [0.2, 0.25) is 0 Å². The van der Waals surface area contributed by atoms with E-state index < -0.39 is 0 Å². The zero-order valence-electron chi connectivity index (χ0n) is 13.0. The van der Waals surface area contributed by atoms with Crippen LogP contribution in [0.25, 0.3) is 0 Å². The molecule has 2 amide bonds. The first kappa shape index (κ1) is 18.1. The monoisotopic (exact) mass is 308 g/mol. The molecule has 0 atom stereocenters. The van der Waals surface area contributed by atoms with Crippen molar-refractivity contribution in [1.82, 2.24) is 5.32 Å². The van der Waals surface area contributed by atoms with E-state index in [1.165, 1.54) is 0 Å². The van der Waals surface area contributed by atoms with Crippen LogP contribution in [0.3, 0.4) is 0 Å². The number of amides is 2. The summed E-state index contributed by atoms with van der Waals surface area (Å²) < 4.78 is 5.03. The smallest absolute Gasteiger partial charge is 0.226 e. The summed E-state index contributed by atoms with van der Waals surface area (Å²) in [6.07, 6.45) is 1.16. The van der Waals surface area contributed by atoms with Gasteiger partial charge in [-0.1, -0.05) is 18.2 Å². The van der Waals surface area contributed by atoms with E-state index in [2.05, 4.69) is 5.32 Å². The normalized spacial score (nSPS) is 10.3. The number of benzene rings is 1. The van der Waals surface area contributed by atoms with Crippen LogP contribution in [0.1, 0.15) is 19.3 Å². The van der Waals surface area contributed by atoms with Crippen LogP contribution in [-0.2, 0) is 14.3 Å². The average Bonchev–Trinajstić information content (AvgIpc) is 2.54. The molecule has 0 fully saturated rings. The van der Waals surface area contributed by atoms with Crippen molar-refractivity contribution in [2.75, 3.05) is 38.3 Å². The number of para-hydroxylation sites is 1. The molecule has 0 unspecified atom stereocenters. The third kappa shape index (κ3) is 7.19. The SMILES string of the molecule is CN(C(=O)CCCC(=O)NCCOCCO)c1ccccc1. The van der Waals surface area contributed by atoms with Crippen molar-refractivity contribution < 1.29 is 19.4 Å². The van der Waals surface area contributed by atoms with Gasteiger partial charge < -0.3 is 20.1 Å². The Morgan fingerprint density at radius 1 is 1.18 bits per heavy atom. The van der Waals surface area contributed by atoms with Gasteiger partial charge in [0.05, 0.1) is 19.8 Å². The lowest BCUT2D eigenvalue weighted by Crippen LogP contribution is -2.29. The van der Waals surface area contributed by atoms with Crippen LogP contribution in [0.15, 0.2) is 30.3 Å². The maximum absolute atomic E-state index is 12.0. The molecule has 2 N–H and O–H groups in total. The summed E-state index contributed by atoms with van der Waals surface area (Å²) in [4.78, 5) is 25.2. The topological polar surface area (TPSA) is 78.9 Å². The molecule has 6 nitrogen and oxygen atoms in total. The quantitative estimate of drug-likeness (QED) is 0.631. The molecule has 0 saturated carbocycles. The lowest BCUT2D eigenvalue weighted by atomic mass is 10.2. The maximum Gasteiger partial charge on any atom is 0.226 e. The van der Waals surface area contributed by atoms with Gasteiger partial charge in [-0.05, 0) is 18.6 Å². The summed E-state index contributed by atoms with van der Waals surface area (Å²) in [5.74, 6) is -0.104. The van der Waals surface area contributed by atoms with Crippen LogP contribution in [-0.4, -0.2) is 50.3 Å². The fraction of sp³-hybridized carbons (Fsp3) is 0.500. The number of nitrogens with one attached hydrogen (secondary N) is 1. The molecule has 0 aliphatic heterocycles. The van der Waals surface area contributed by atoms with Crippen molar-refractivity contribution in [1.29, 1.82) is 0 Å². The molecule has 0 saturated heterocycles. The molecular weight excluding hydrogens is 284 g/mol. The lowest BCUT2D eigenvalue weighted by Gasteiger charge is -2.17. The van der Waals surface area contributed by atoms with E-state index >= 15 is 0 Å². The van der Waals surface area contributed by atoms with Gasteiger partial charge in [-0.3, -0.25) is 9.59 Å². The molecule has 1 rings (SSSR count). The molecule has 122 valence electrons. The lowest BCUT2D eigenvalue weighted by molar-refractivity contribution is -0.121. The van der Waals surface area contributed by atoms with E-state index in [0.29, 0.717) is 32.4 Å². The number of ether oxygens (including phenoxy) is 1. The molecule has 1 aromatic carbocycles. The summed E-state index contributed by atoms with van der Waals surface area (Å²) in [5.41, 5.74) is 0.845. The predicted octanol–water partition coefficient (Wildman–Crippen LogP) is 0.945. The largest absolute Gasteiger partial charge is 0.394 e. The zero-order chi connectivity index (χ0) is 16.2. The van der Waals surface area contributed by atoms with E-state index in [0.717, 1.165) is 5.69 Å². The molecule has 0 bridgehead atoms. The highest BCUT2D eigenvalue weighted by Crippen LogP contribution is 2.13. The second kappa shape index (κ2) is 10.8. The molecule has 0 aromatic heterocycles. The number of aliphatic hydroxyl groups excluding tert-OH is 1. The zero-order valence-corrected chi connectivity index (χ0v) is 13.0. The molecule has 6 heteroatoms. The second-order valence-electron chi connectivity index (χ2n) is 4.83. The minimum Gasteiger partial charge on any atom is -0.394 e. The molecule has 1 aromatic rings. The first-order chi connectivity index (χ1) is 10.6. The number of hydrogen-bond acceptors (Lipinski definition) is 4. The highest BCUT2D eigenvalue weighted by Gasteiger charge is 2.11. The average molecular weight is 308 g/mol. The van der Waals surface area contributed by atoms with Gasteiger partial charge in [-0.25, -0.2) is 0 Å². The molecule has 0 aliphatic rings. The van der Waals surface area contributed by atoms with Gasteiger partial charge in [0.1, 0.15) is 0 Å². The van der Waals surface area contributed by atoms with E-state index in [4.69, 9.17) is 9.84 Å². The molecule has 0 aliphatic carbocycles. The van der Waals surface area contributed by atoms with Crippen molar-refractivity contribution >= 4 is 17.5 Å². The summed E-state index contributed by atoms with van der Waals surface area (Å²) in [6.45, 7) is 1.04. The van der Waals surface area contributed by atoms with Gasteiger partial charge in [0.2, 0.25) is 11.8 Å². The number of rotatable bonds is 10. The Labute approximate surface area is 131 Å². The minimum absolute atomic E-state index is 0.00900. The highest BCUT2D eigenvalue weighted by atomic mass is 16.5. The van der Waals surface area contributed by atoms with Gasteiger partial charge >= 0.3 is 0 Å². The van der Waals surface area contributed by atoms with Crippen molar-refractivity contribution in [3.05, 3.63) is 30.3 Å². The number of carbonyl (C=O) groups is 2. The Kier molecular flexibility index (Phi) is 8.86. The Morgan fingerprint density at radius 3 is 2.59 bits per heavy atom. The number of aliphatic hydroxyl groups is 1. The fourth-order valence-corrected chi connectivity index (χ4v) is 1.88. The Balaban J connectivity index is 2.15. The number of anilines is 1. The third-order valence-corrected chi connectivity index (χ3v) is 3.12. The van der Waals surface area contributed by atoms with Gasteiger partial charge in [0.15, 0.2) is 0 Å². The highest BCUT2D eigenvalue weighted by molar-refractivity contribution is 5.92. The van der Waals surface area contributed by atoms with Crippen LogP contribution < -0.4 is 10.2 Å². The summed E-state index contributed by atoms with van der Waals surface area (Å²) in [7, 11) is 1.73. The standard InChI is InChI=1S/C16H24N2O4/c1-18(14-6-3-2-4-7-14)16(21)9-5-8-15(20)17-10-12-22-13-11-19/h2-4,6-7,19H,5,8-13H2,1H3,(H,17,20). The Hall–Kier alpha value is -1.92. The van der Waals surface area contributed by atoms with E-state index in [1.807, 2.05) is 30.3 Å². The first-order valence-electron chi connectivity index (χ1n) is 7.42. The summed E-state index contributed by atoms with van der Waals surface area (Å²) in [6, 6.07) is 9.40. The van der Waals surface area contributed by atoms with Crippen LogP contribution >= 0.6 is 0 Å². The van der Waals surface area contributed by atoms with E-state index in [1.54, 1.807) is 11.9 Å². The van der Waals surface area contributed by atoms with E-state index in [9.17, 15) is 9.59 Å². The van der Waals surface area contributed by atoms with Crippen LogP contribution in [0.5, 0.6) is 0 Å². The molecule has 0 radical (unpaired) electrons.